The lowest BCUT2D eigenvalue weighted by Crippen LogP contribution is -2.34. The SMILES string of the molecule is O=C(NCCNC(=O)c1sc2ccccc2c1Cl)c1ccccc1. The van der Waals surface area contributed by atoms with E-state index in [4.69, 9.17) is 11.6 Å². The van der Waals surface area contributed by atoms with Crippen LogP contribution in [-0.4, -0.2) is 24.9 Å². The number of hydrogen-bond acceptors (Lipinski definition) is 3. The molecule has 0 aliphatic carbocycles. The maximum atomic E-state index is 12.3. The fraction of sp³-hybridized carbons (Fsp3) is 0.111. The fourth-order valence-corrected chi connectivity index (χ4v) is 3.72. The molecule has 0 saturated carbocycles. The minimum absolute atomic E-state index is 0.162. The van der Waals surface area contributed by atoms with E-state index in [-0.39, 0.29) is 11.8 Å². The molecule has 24 heavy (non-hydrogen) atoms. The summed E-state index contributed by atoms with van der Waals surface area (Å²) in [6, 6.07) is 16.6. The lowest BCUT2D eigenvalue weighted by molar-refractivity contribution is 0.0929. The summed E-state index contributed by atoms with van der Waals surface area (Å²) in [6.45, 7) is 0.684. The maximum absolute atomic E-state index is 12.3. The van der Waals surface area contributed by atoms with Crippen LogP contribution in [0.1, 0.15) is 20.0 Å². The molecule has 0 aliphatic rings. The third kappa shape index (κ3) is 3.58. The third-order valence-electron chi connectivity index (χ3n) is 3.47. The van der Waals surface area contributed by atoms with Crippen LogP contribution in [-0.2, 0) is 0 Å². The predicted molar refractivity (Wildman–Crippen MR) is 97.9 cm³/mol. The van der Waals surface area contributed by atoms with Gasteiger partial charge in [-0.1, -0.05) is 48.0 Å². The molecule has 3 aromatic rings. The summed E-state index contributed by atoms with van der Waals surface area (Å²) in [6.07, 6.45) is 0. The van der Waals surface area contributed by atoms with Gasteiger partial charge in [0.05, 0.1) is 5.02 Å². The van der Waals surface area contributed by atoms with E-state index in [1.807, 2.05) is 30.3 Å². The Morgan fingerprint density at radius 3 is 2.21 bits per heavy atom. The number of amides is 2. The highest BCUT2D eigenvalue weighted by Gasteiger charge is 2.16. The van der Waals surface area contributed by atoms with Gasteiger partial charge < -0.3 is 10.6 Å². The van der Waals surface area contributed by atoms with Gasteiger partial charge in [0, 0.05) is 28.7 Å². The predicted octanol–water partition coefficient (Wildman–Crippen LogP) is 3.71. The molecule has 2 N–H and O–H groups in total. The molecule has 1 heterocycles. The minimum atomic E-state index is -0.227. The summed E-state index contributed by atoms with van der Waals surface area (Å²) in [7, 11) is 0. The van der Waals surface area contributed by atoms with Crippen molar-refractivity contribution in [2.24, 2.45) is 0 Å². The first-order valence-electron chi connectivity index (χ1n) is 7.45. The number of halogens is 1. The van der Waals surface area contributed by atoms with E-state index >= 15 is 0 Å². The van der Waals surface area contributed by atoms with Gasteiger partial charge in [-0.15, -0.1) is 11.3 Å². The van der Waals surface area contributed by atoms with Crippen LogP contribution >= 0.6 is 22.9 Å². The van der Waals surface area contributed by atoms with Gasteiger partial charge in [-0.2, -0.15) is 0 Å². The molecule has 0 radical (unpaired) electrons. The molecule has 1 aromatic heterocycles. The molecule has 0 saturated heterocycles. The Labute approximate surface area is 148 Å². The zero-order valence-electron chi connectivity index (χ0n) is 12.7. The molecule has 0 unspecified atom stereocenters. The fourth-order valence-electron chi connectivity index (χ4n) is 2.28. The van der Waals surface area contributed by atoms with Gasteiger partial charge in [-0.3, -0.25) is 9.59 Å². The monoisotopic (exact) mass is 358 g/mol. The summed E-state index contributed by atoms with van der Waals surface area (Å²) in [5, 5.41) is 6.90. The second-order valence-corrected chi connectivity index (χ2v) is 6.55. The Morgan fingerprint density at radius 2 is 1.50 bits per heavy atom. The van der Waals surface area contributed by atoms with Crippen molar-refractivity contribution in [1.29, 1.82) is 0 Å². The van der Waals surface area contributed by atoms with Gasteiger partial charge in [-0.05, 0) is 18.2 Å². The molecule has 0 spiro atoms. The highest BCUT2D eigenvalue weighted by Crippen LogP contribution is 2.34. The van der Waals surface area contributed by atoms with E-state index in [2.05, 4.69) is 10.6 Å². The first-order chi connectivity index (χ1) is 11.7. The number of nitrogens with one attached hydrogen (secondary N) is 2. The first kappa shape index (κ1) is 16.5. The lowest BCUT2D eigenvalue weighted by Gasteiger charge is -2.06. The zero-order chi connectivity index (χ0) is 16.9. The molecule has 0 bridgehead atoms. The van der Waals surface area contributed by atoms with Crippen molar-refractivity contribution in [3.63, 3.8) is 0 Å². The van der Waals surface area contributed by atoms with Crippen molar-refractivity contribution in [2.45, 2.75) is 0 Å². The molecule has 0 aliphatic heterocycles. The van der Waals surface area contributed by atoms with Crippen molar-refractivity contribution in [2.75, 3.05) is 13.1 Å². The van der Waals surface area contributed by atoms with Crippen LogP contribution in [0.15, 0.2) is 54.6 Å². The van der Waals surface area contributed by atoms with E-state index in [0.29, 0.717) is 28.6 Å². The summed E-state index contributed by atoms with van der Waals surface area (Å²) in [5.74, 6) is -0.389. The summed E-state index contributed by atoms with van der Waals surface area (Å²) >= 11 is 7.64. The highest BCUT2D eigenvalue weighted by atomic mass is 35.5. The van der Waals surface area contributed by atoms with Crippen molar-refractivity contribution >= 4 is 44.8 Å². The van der Waals surface area contributed by atoms with Gasteiger partial charge in [0.1, 0.15) is 4.88 Å². The van der Waals surface area contributed by atoms with Crippen LogP contribution in [0.3, 0.4) is 0 Å². The molecule has 3 rings (SSSR count). The number of carbonyl (C=O) groups is 2. The van der Waals surface area contributed by atoms with Gasteiger partial charge in [0.15, 0.2) is 0 Å². The van der Waals surface area contributed by atoms with E-state index in [9.17, 15) is 9.59 Å². The van der Waals surface area contributed by atoms with Crippen LogP contribution < -0.4 is 10.6 Å². The molecule has 0 atom stereocenters. The van der Waals surface area contributed by atoms with E-state index in [1.165, 1.54) is 11.3 Å². The standard InChI is InChI=1S/C18H15ClN2O2S/c19-15-13-8-4-5-9-14(13)24-16(15)18(23)21-11-10-20-17(22)12-6-2-1-3-7-12/h1-9H,10-11H2,(H,20,22)(H,21,23). The van der Waals surface area contributed by atoms with E-state index in [0.717, 1.165) is 10.1 Å². The van der Waals surface area contributed by atoms with Crippen molar-refractivity contribution in [1.82, 2.24) is 10.6 Å². The number of rotatable bonds is 5. The molecule has 2 aromatic carbocycles. The van der Waals surface area contributed by atoms with Crippen LogP contribution in [0, 0.1) is 0 Å². The number of fused-ring (bicyclic) bond motifs is 1. The minimum Gasteiger partial charge on any atom is -0.350 e. The second-order valence-electron chi connectivity index (χ2n) is 5.12. The largest absolute Gasteiger partial charge is 0.350 e. The summed E-state index contributed by atoms with van der Waals surface area (Å²) in [5.41, 5.74) is 0.594. The van der Waals surface area contributed by atoms with E-state index < -0.39 is 0 Å². The molecule has 4 nitrogen and oxygen atoms in total. The number of thiophene rings is 1. The quantitative estimate of drug-likeness (QED) is 0.683. The maximum Gasteiger partial charge on any atom is 0.262 e. The topological polar surface area (TPSA) is 58.2 Å². The Hall–Kier alpha value is -2.37. The summed E-state index contributed by atoms with van der Waals surface area (Å²) < 4.78 is 0.977. The van der Waals surface area contributed by atoms with Gasteiger partial charge in [-0.25, -0.2) is 0 Å². The number of carbonyl (C=O) groups excluding carboxylic acids is 2. The van der Waals surface area contributed by atoms with Crippen molar-refractivity contribution < 1.29 is 9.59 Å². The average Bonchev–Trinajstić information content (AvgIpc) is 2.96. The van der Waals surface area contributed by atoms with E-state index in [1.54, 1.807) is 24.3 Å². The number of hydrogen-bond donors (Lipinski definition) is 2. The molecule has 122 valence electrons. The Morgan fingerprint density at radius 1 is 0.875 bits per heavy atom. The zero-order valence-corrected chi connectivity index (χ0v) is 14.3. The van der Waals surface area contributed by atoms with Crippen LogP contribution in [0.2, 0.25) is 5.02 Å². The van der Waals surface area contributed by atoms with Crippen molar-refractivity contribution in [3.05, 3.63) is 70.1 Å². The van der Waals surface area contributed by atoms with Gasteiger partial charge in [0.25, 0.3) is 11.8 Å². The van der Waals surface area contributed by atoms with Gasteiger partial charge >= 0.3 is 0 Å². The van der Waals surface area contributed by atoms with Crippen LogP contribution in [0.5, 0.6) is 0 Å². The smallest absolute Gasteiger partial charge is 0.262 e. The molecular weight excluding hydrogens is 344 g/mol. The highest BCUT2D eigenvalue weighted by molar-refractivity contribution is 7.21. The van der Waals surface area contributed by atoms with Gasteiger partial charge in [0.2, 0.25) is 0 Å². The van der Waals surface area contributed by atoms with Crippen LogP contribution in [0.4, 0.5) is 0 Å². The first-order valence-corrected chi connectivity index (χ1v) is 8.65. The molecule has 0 fully saturated rings. The average molecular weight is 359 g/mol. The second kappa shape index (κ2) is 7.47. The normalized spacial score (nSPS) is 10.5. The van der Waals surface area contributed by atoms with Crippen LogP contribution in [0.25, 0.3) is 10.1 Å². The Kier molecular flexibility index (Phi) is 5.13. The number of benzene rings is 2. The Balaban J connectivity index is 1.54. The molecule has 2 amide bonds. The Bertz CT molecular complexity index is 877. The third-order valence-corrected chi connectivity index (χ3v) is 5.15. The van der Waals surface area contributed by atoms with Crippen molar-refractivity contribution in [3.8, 4) is 0 Å². The molecular formula is C18H15ClN2O2S. The summed E-state index contributed by atoms with van der Waals surface area (Å²) in [4.78, 5) is 24.6. The molecule has 6 heteroatoms. The lowest BCUT2D eigenvalue weighted by atomic mass is 10.2.